The lowest BCUT2D eigenvalue weighted by atomic mass is 9.91. The van der Waals surface area contributed by atoms with Crippen molar-refractivity contribution < 1.29 is 22.8 Å². The Morgan fingerprint density at radius 2 is 1.29 bits per heavy atom. The van der Waals surface area contributed by atoms with Crippen molar-refractivity contribution in [3.8, 4) is 0 Å². The van der Waals surface area contributed by atoms with Crippen LogP contribution in [0.4, 0.5) is 0 Å². The molecule has 10 nitrogen and oxygen atoms in total. The Morgan fingerprint density at radius 3 is 1.96 bits per heavy atom. The van der Waals surface area contributed by atoms with Gasteiger partial charge < -0.3 is 16.0 Å². The number of hydrogen-bond donors (Lipinski definition) is 3. The number of rotatable bonds is 23. The van der Waals surface area contributed by atoms with Crippen molar-refractivity contribution in [2.24, 2.45) is 5.92 Å². The smallest absolute Gasteiger partial charge is 0.268 e. The molecule has 1 heterocycles. The molecule has 0 saturated carbocycles. The van der Waals surface area contributed by atoms with Crippen molar-refractivity contribution in [3.05, 3.63) is 185 Å². The van der Waals surface area contributed by atoms with Crippen LogP contribution in [0, 0.1) is 26.7 Å². The van der Waals surface area contributed by atoms with Crippen molar-refractivity contribution in [2.75, 3.05) is 13.6 Å². The predicted molar refractivity (Wildman–Crippen MR) is 278 cm³/mol. The zero-order chi connectivity index (χ0) is 48.9. The number of hydrogen-bond acceptors (Lipinski definition) is 6. The van der Waals surface area contributed by atoms with E-state index in [-0.39, 0.29) is 47.9 Å². The minimum absolute atomic E-state index is 0.0986. The van der Waals surface area contributed by atoms with Gasteiger partial charge in [0.05, 0.1) is 16.8 Å². The minimum Gasteiger partial charge on any atom is -0.359 e. The molecule has 6 aromatic carbocycles. The molecule has 0 unspecified atom stereocenters. The standard InChI is InChI=1S/C58H67N5O5S/c1-41-32-42(2)57(43(3)33-41)69(67,68)63-40-51(53-25-14-15-26-54(53)63)37-50(34-44(4)60-56(65)36-47-27-28-48-22-12-13-23-49(48)35-47)58(66)61-52(29-30-55(64)59-5)24-16-17-31-62(38-45-18-8-6-9-19-45)39-46-20-10-7-11-21-46/h6-15,18-23,25-28,32-33,35,40,44,50,52H,16-17,24,29-31,34,36-39H2,1-5H3,(H,59,64)(H,60,65)(H,61,66)/t44-,50+,52-/m0/s1. The largest absolute Gasteiger partial charge is 0.359 e. The number of aromatic nitrogens is 1. The maximum absolute atomic E-state index is 14.9. The Bertz CT molecular complexity index is 2910. The molecular formula is C58H67N5O5S. The molecule has 0 radical (unpaired) electrons. The summed E-state index contributed by atoms with van der Waals surface area (Å²) in [6.45, 7) is 9.99. The molecule has 0 spiro atoms. The average molecular weight is 946 g/mol. The van der Waals surface area contributed by atoms with Crippen LogP contribution in [-0.4, -0.2) is 60.7 Å². The first-order chi connectivity index (χ1) is 33.3. The second-order valence-electron chi connectivity index (χ2n) is 18.8. The van der Waals surface area contributed by atoms with E-state index in [4.69, 9.17) is 0 Å². The van der Waals surface area contributed by atoms with Gasteiger partial charge >= 0.3 is 0 Å². The summed E-state index contributed by atoms with van der Waals surface area (Å²) in [5.74, 6) is -1.10. The van der Waals surface area contributed by atoms with E-state index in [2.05, 4.69) is 69.4 Å². The van der Waals surface area contributed by atoms with Gasteiger partial charge in [0.1, 0.15) is 0 Å². The summed E-state index contributed by atoms with van der Waals surface area (Å²) in [6, 6.07) is 45.5. The van der Waals surface area contributed by atoms with Crippen molar-refractivity contribution in [3.63, 3.8) is 0 Å². The van der Waals surface area contributed by atoms with E-state index >= 15 is 0 Å². The molecule has 7 aromatic rings. The van der Waals surface area contributed by atoms with Crippen molar-refractivity contribution in [1.82, 2.24) is 24.8 Å². The summed E-state index contributed by atoms with van der Waals surface area (Å²) in [5, 5.41) is 12.2. The van der Waals surface area contributed by atoms with Gasteiger partial charge in [-0.2, -0.15) is 0 Å². The summed E-state index contributed by atoms with van der Waals surface area (Å²) in [4.78, 5) is 43.8. The van der Waals surface area contributed by atoms with Gasteiger partial charge in [0.25, 0.3) is 10.0 Å². The molecule has 0 aliphatic carbocycles. The van der Waals surface area contributed by atoms with Crippen LogP contribution >= 0.6 is 0 Å². The third-order valence-electron chi connectivity index (χ3n) is 13.1. The summed E-state index contributed by atoms with van der Waals surface area (Å²) in [5.41, 5.74) is 6.94. The predicted octanol–water partition coefficient (Wildman–Crippen LogP) is 10.1. The van der Waals surface area contributed by atoms with E-state index in [1.54, 1.807) is 19.3 Å². The van der Waals surface area contributed by atoms with Crippen LogP contribution < -0.4 is 16.0 Å². The monoisotopic (exact) mass is 945 g/mol. The Hall–Kier alpha value is -6.56. The molecule has 11 heteroatoms. The maximum atomic E-state index is 14.9. The van der Waals surface area contributed by atoms with E-state index in [0.717, 1.165) is 59.8 Å². The molecule has 3 N–H and O–H groups in total. The van der Waals surface area contributed by atoms with Crippen LogP contribution in [-0.2, 0) is 50.3 Å². The zero-order valence-electron chi connectivity index (χ0n) is 40.7. The van der Waals surface area contributed by atoms with Gasteiger partial charge in [-0.1, -0.05) is 145 Å². The van der Waals surface area contributed by atoms with Gasteiger partial charge in [-0.25, -0.2) is 12.4 Å². The third kappa shape index (κ3) is 13.6. The fourth-order valence-corrected chi connectivity index (χ4v) is 11.6. The first-order valence-corrected chi connectivity index (χ1v) is 25.7. The molecule has 0 aliphatic rings. The minimum atomic E-state index is -4.04. The lowest BCUT2D eigenvalue weighted by molar-refractivity contribution is -0.127. The first-order valence-electron chi connectivity index (χ1n) is 24.3. The molecular weight excluding hydrogens is 879 g/mol. The summed E-state index contributed by atoms with van der Waals surface area (Å²) >= 11 is 0. The number of nitrogens with zero attached hydrogens (tertiary/aromatic N) is 2. The molecule has 0 aliphatic heterocycles. The van der Waals surface area contributed by atoms with Crippen molar-refractivity contribution >= 4 is 49.4 Å². The highest BCUT2D eigenvalue weighted by Gasteiger charge is 2.30. The molecule has 69 heavy (non-hydrogen) atoms. The average Bonchev–Trinajstić information content (AvgIpc) is 3.70. The molecule has 7 rings (SSSR count). The maximum Gasteiger partial charge on any atom is 0.268 e. The highest BCUT2D eigenvalue weighted by atomic mass is 32.2. The first kappa shape index (κ1) is 50.3. The highest BCUT2D eigenvalue weighted by Crippen LogP contribution is 2.32. The SMILES string of the molecule is CNC(=O)CC[C@H](CCCCN(Cc1ccccc1)Cc1ccccc1)NC(=O)[C@@H](Cc1cn(S(=O)(=O)c2c(C)cc(C)cc2C)c2ccccc12)C[C@H](C)NC(=O)Cc1ccc2ccccc2c1. The number of para-hydroxylation sites is 1. The Balaban J connectivity index is 1.12. The molecule has 0 bridgehead atoms. The summed E-state index contributed by atoms with van der Waals surface area (Å²) < 4.78 is 30.6. The van der Waals surface area contributed by atoms with Crippen LogP contribution in [0.15, 0.2) is 151 Å². The van der Waals surface area contributed by atoms with Crippen LogP contribution in [0.25, 0.3) is 21.7 Å². The van der Waals surface area contributed by atoms with Crippen LogP contribution in [0.1, 0.15) is 84.4 Å². The van der Waals surface area contributed by atoms with Crippen LogP contribution in [0.3, 0.4) is 0 Å². The van der Waals surface area contributed by atoms with Gasteiger partial charge in [-0.05, 0) is 117 Å². The van der Waals surface area contributed by atoms with E-state index in [9.17, 15) is 22.8 Å². The van der Waals surface area contributed by atoms with Crippen LogP contribution in [0.2, 0.25) is 0 Å². The quantitative estimate of drug-likeness (QED) is 0.0548. The lowest BCUT2D eigenvalue weighted by Gasteiger charge is -2.26. The molecule has 1 aromatic heterocycles. The fourth-order valence-electron chi connectivity index (χ4n) is 9.81. The second kappa shape index (κ2) is 23.6. The molecule has 360 valence electrons. The van der Waals surface area contributed by atoms with Gasteiger partial charge in [-0.3, -0.25) is 19.3 Å². The number of benzene rings is 6. The normalized spacial score (nSPS) is 13.0. The van der Waals surface area contributed by atoms with Gasteiger partial charge in [-0.15, -0.1) is 0 Å². The van der Waals surface area contributed by atoms with Crippen molar-refractivity contribution in [1.29, 1.82) is 0 Å². The Morgan fingerprint density at radius 1 is 0.667 bits per heavy atom. The van der Waals surface area contributed by atoms with Gasteiger partial charge in [0.2, 0.25) is 17.7 Å². The van der Waals surface area contributed by atoms with E-state index in [1.807, 2.05) is 113 Å². The molecule has 0 fully saturated rings. The number of nitrogens with one attached hydrogen (secondary N) is 3. The number of aryl methyl sites for hydroxylation is 3. The van der Waals surface area contributed by atoms with Crippen molar-refractivity contribution in [2.45, 2.75) is 109 Å². The summed E-state index contributed by atoms with van der Waals surface area (Å²) in [6.07, 6.45) is 5.48. The second-order valence-corrected chi connectivity index (χ2v) is 20.5. The molecule has 0 saturated heterocycles. The number of amides is 3. The molecule has 3 atom stereocenters. The Labute approximate surface area is 408 Å². The number of fused-ring (bicyclic) bond motifs is 2. The fraction of sp³-hybridized carbons (Fsp3) is 0.328. The Kier molecular flexibility index (Phi) is 17.2. The van der Waals surface area contributed by atoms with E-state index in [1.165, 1.54) is 15.1 Å². The summed E-state index contributed by atoms with van der Waals surface area (Å²) in [7, 11) is -2.42. The van der Waals surface area contributed by atoms with E-state index in [0.29, 0.717) is 41.5 Å². The number of unbranched alkanes of at least 4 members (excludes halogenated alkanes) is 1. The van der Waals surface area contributed by atoms with E-state index < -0.39 is 22.0 Å². The third-order valence-corrected chi connectivity index (χ3v) is 15.0. The van der Waals surface area contributed by atoms with Crippen LogP contribution in [0.5, 0.6) is 0 Å². The lowest BCUT2D eigenvalue weighted by Crippen LogP contribution is -2.43. The van der Waals surface area contributed by atoms with Gasteiger partial charge in [0, 0.05) is 56.1 Å². The molecule has 3 amide bonds. The zero-order valence-corrected chi connectivity index (χ0v) is 41.5. The highest BCUT2D eigenvalue weighted by molar-refractivity contribution is 7.90. The van der Waals surface area contributed by atoms with Gasteiger partial charge in [0.15, 0.2) is 0 Å². The number of carbonyl (C=O) groups excluding carboxylic acids is 3. The topological polar surface area (TPSA) is 130 Å². The number of carbonyl (C=O) groups is 3.